The maximum absolute atomic E-state index is 11.9. The number of hydrogen-bond donors (Lipinski definition) is 2. The summed E-state index contributed by atoms with van der Waals surface area (Å²) in [6, 6.07) is 13.5. The van der Waals surface area contributed by atoms with E-state index in [4.69, 9.17) is 9.47 Å². The number of fused-ring (bicyclic) bond motifs is 2. The second-order valence-corrected chi connectivity index (χ2v) is 9.20. The van der Waals surface area contributed by atoms with E-state index in [2.05, 4.69) is 19.9 Å². The molecule has 0 radical (unpaired) electrons. The van der Waals surface area contributed by atoms with Gasteiger partial charge in [-0.1, -0.05) is 0 Å². The second kappa shape index (κ2) is 10.1. The minimum atomic E-state index is -4.82. The van der Waals surface area contributed by atoms with Crippen LogP contribution in [0, 0.1) is 0 Å². The van der Waals surface area contributed by atoms with Gasteiger partial charge in [0.1, 0.15) is 21.8 Å². The zero-order valence-electron chi connectivity index (χ0n) is 19.9. The third-order valence-corrected chi connectivity index (χ3v) is 6.36. The number of carbonyl (C=O) groups excluding carboxylic acids is 2. The van der Waals surface area contributed by atoms with E-state index in [-0.39, 0.29) is 41.2 Å². The fourth-order valence-corrected chi connectivity index (χ4v) is 4.34. The van der Waals surface area contributed by atoms with Gasteiger partial charge in [0.05, 0.1) is 52.3 Å². The van der Waals surface area contributed by atoms with Gasteiger partial charge in [-0.15, -0.1) is 0 Å². The molecule has 0 aliphatic heterocycles. The molecule has 11 nitrogen and oxygen atoms in total. The minimum absolute atomic E-state index is 0. The maximum Gasteiger partial charge on any atom is 1.00 e. The van der Waals surface area contributed by atoms with Crippen molar-refractivity contribution in [3.05, 3.63) is 65.7 Å². The number of hydrogen-bond acceptors (Lipinski definition) is 9. The summed E-state index contributed by atoms with van der Waals surface area (Å²) in [6.07, 6.45) is 0. The molecule has 0 saturated heterocycles. The molecule has 0 fully saturated rings. The van der Waals surface area contributed by atoms with Crippen LogP contribution in [0.2, 0.25) is 0 Å². The topological polar surface area (TPSA) is 167 Å². The van der Waals surface area contributed by atoms with E-state index in [0.29, 0.717) is 44.3 Å². The first-order valence-corrected chi connectivity index (χ1v) is 11.8. The molecule has 0 spiro atoms. The minimum Gasteiger partial charge on any atom is -0.744 e. The number of ether oxygens (including phenoxy) is 2. The number of benzene rings is 3. The van der Waals surface area contributed by atoms with Gasteiger partial charge in [0.15, 0.2) is 0 Å². The van der Waals surface area contributed by atoms with Gasteiger partial charge in [0.2, 0.25) is 0 Å². The van der Waals surface area contributed by atoms with Crippen molar-refractivity contribution in [1.82, 2.24) is 19.9 Å². The van der Waals surface area contributed by atoms with Crippen LogP contribution < -0.4 is 29.6 Å². The van der Waals surface area contributed by atoms with Gasteiger partial charge >= 0.3 is 41.5 Å². The maximum atomic E-state index is 11.9. The molecule has 0 saturated carbocycles. The number of aromatic nitrogens is 4. The smallest absolute Gasteiger partial charge is 0.744 e. The van der Waals surface area contributed by atoms with Gasteiger partial charge in [0.25, 0.3) is 0 Å². The van der Waals surface area contributed by atoms with E-state index in [9.17, 15) is 22.6 Å². The van der Waals surface area contributed by atoms with Crippen molar-refractivity contribution < 1.29 is 61.6 Å². The Morgan fingerprint density at radius 3 is 1.57 bits per heavy atom. The van der Waals surface area contributed by atoms with E-state index in [0.717, 1.165) is 0 Å². The molecule has 2 aromatic heterocycles. The molecule has 0 amide bonds. The van der Waals surface area contributed by atoms with E-state index >= 15 is 0 Å². The number of imidazole rings is 2. The number of nitrogens with one attached hydrogen (secondary N) is 2. The number of rotatable bonds is 5. The third kappa shape index (κ3) is 5.15. The first kappa shape index (κ1) is 26.5. The third-order valence-electron chi connectivity index (χ3n) is 5.55. The number of nitrogens with zero attached hydrogens (tertiary/aromatic N) is 2. The molecule has 37 heavy (non-hydrogen) atoms. The molecule has 0 aliphatic carbocycles. The number of esters is 2. The van der Waals surface area contributed by atoms with E-state index in [1.807, 2.05) is 0 Å². The van der Waals surface area contributed by atoms with Crippen LogP contribution in [-0.4, -0.2) is 59.1 Å². The summed E-state index contributed by atoms with van der Waals surface area (Å²) in [4.78, 5) is 38.2. The molecule has 0 unspecified atom stereocenters. The van der Waals surface area contributed by atoms with Gasteiger partial charge in [-0.25, -0.2) is 28.0 Å². The Balaban J connectivity index is 0.00000320. The first-order valence-electron chi connectivity index (χ1n) is 10.4. The average molecular weight is 528 g/mol. The van der Waals surface area contributed by atoms with Crippen molar-refractivity contribution in [3.63, 3.8) is 0 Å². The van der Waals surface area contributed by atoms with Gasteiger partial charge in [0, 0.05) is 11.1 Å². The summed E-state index contributed by atoms with van der Waals surface area (Å²) in [5.41, 5.74) is 3.33. The van der Waals surface area contributed by atoms with Crippen LogP contribution in [0.3, 0.4) is 0 Å². The summed E-state index contributed by atoms with van der Waals surface area (Å²) < 4.78 is 45.3. The quantitative estimate of drug-likeness (QED) is 0.185. The number of aromatic amines is 2. The SMILES string of the molecule is COC(=O)c1ccc2nc(-c3cc(-c4nc5ccc(C(=O)OC)cc5[nH]4)cc(S(=O)(=O)[O-])c3)[nH]c2c1.[Na+]. The molecule has 2 N–H and O–H groups in total. The molecular weight excluding hydrogens is 511 g/mol. The Hall–Kier alpha value is -3.55. The van der Waals surface area contributed by atoms with Crippen LogP contribution in [0.15, 0.2) is 59.5 Å². The van der Waals surface area contributed by atoms with E-state index in [1.165, 1.54) is 26.4 Å². The van der Waals surface area contributed by atoms with Crippen molar-refractivity contribution in [1.29, 1.82) is 0 Å². The second-order valence-electron chi connectivity index (χ2n) is 7.82. The largest absolute Gasteiger partial charge is 1.00 e. The molecule has 5 aromatic rings. The fourth-order valence-electron chi connectivity index (χ4n) is 3.80. The summed E-state index contributed by atoms with van der Waals surface area (Å²) in [5.74, 6) is -0.476. The Kier molecular flexibility index (Phi) is 7.22. The van der Waals surface area contributed by atoms with E-state index in [1.54, 1.807) is 42.5 Å². The number of carbonyl (C=O) groups is 2. The van der Waals surface area contributed by atoms with Crippen molar-refractivity contribution >= 4 is 44.1 Å². The summed E-state index contributed by atoms with van der Waals surface area (Å²) in [5, 5.41) is 0. The zero-order chi connectivity index (χ0) is 25.6. The van der Waals surface area contributed by atoms with Crippen LogP contribution in [0.25, 0.3) is 44.8 Å². The predicted molar refractivity (Wildman–Crippen MR) is 127 cm³/mol. The molecule has 2 heterocycles. The summed E-state index contributed by atoms with van der Waals surface area (Å²) in [7, 11) is -2.28. The van der Waals surface area contributed by atoms with Gasteiger partial charge < -0.3 is 24.0 Å². The first-order chi connectivity index (χ1) is 17.2. The Morgan fingerprint density at radius 1 is 0.757 bits per heavy atom. The van der Waals surface area contributed by atoms with Crippen molar-refractivity contribution in [3.8, 4) is 22.8 Å². The summed E-state index contributed by atoms with van der Waals surface area (Å²) in [6.45, 7) is 0. The van der Waals surface area contributed by atoms with Crippen LogP contribution >= 0.6 is 0 Å². The fraction of sp³-hybridized carbons (Fsp3) is 0.0833. The van der Waals surface area contributed by atoms with Crippen molar-refractivity contribution in [2.75, 3.05) is 14.2 Å². The van der Waals surface area contributed by atoms with Gasteiger partial charge in [-0.2, -0.15) is 0 Å². The normalized spacial score (nSPS) is 11.3. The number of H-pyrrole nitrogens is 2. The van der Waals surface area contributed by atoms with Crippen LogP contribution in [0.5, 0.6) is 0 Å². The Bertz CT molecular complexity index is 1680. The van der Waals surface area contributed by atoms with Crippen molar-refractivity contribution in [2.24, 2.45) is 0 Å². The molecular formula is C24H17N4NaO7S. The standard InChI is InChI=1S/C24H18N4O7S.Na/c1-34-23(29)12-3-5-17-19(10-12)27-21(25-17)14-7-15(9-16(8-14)36(31,32)33)22-26-18-6-4-13(24(30)35-2)11-20(18)28-22;/h3-11H,1-2H3,(H,25,27)(H,26,28)(H,31,32,33);/q;+1/p-1. The summed E-state index contributed by atoms with van der Waals surface area (Å²) >= 11 is 0. The van der Waals surface area contributed by atoms with E-state index < -0.39 is 27.0 Å². The van der Waals surface area contributed by atoms with Gasteiger partial charge in [-0.05, 0) is 54.6 Å². The predicted octanol–water partition coefficient (Wildman–Crippen LogP) is 0.254. The average Bonchev–Trinajstić information content (AvgIpc) is 3.50. The molecule has 13 heteroatoms. The molecule has 3 aromatic carbocycles. The monoisotopic (exact) mass is 528 g/mol. The number of methoxy groups -OCH3 is 2. The van der Waals surface area contributed by atoms with Crippen LogP contribution in [0.4, 0.5) is 0 Å². The van der Waals surface area contributed by atoms with Crippen LogP contribution in [0.1, 0.15) is 20.7 Å². The molecule has 5 rings (SSSR count). The molecule has 0 aliphatic rings. The zero-order valence-corrected chi connectivity index (χ0v) is 22.7. The van der Waals surface area contributed by atoms with Crippen LogP contribution in [-0.2, 0) is 19.6 Å². The molecule has 0 bridgehead atoms. The Morgan fingerprint density at radius 2 is 1.19 bits per heavy atom. The Labute approximate surface area is 232 Å². The molecule has 182 valence electrons. The van der Waals surface area contributed by atoms with Crippen molar-refractivity contribution in [2.45, 2.75) is 4.90 Å². The van der Waals surface area contributed by atoms with Gasteiger partial charge in [-0.3, -0.25) is 0 Å². The molecule has 0 atom stereocenters.